The summed E-state index contributed by atoms with van der Waals surface area (Å²) in [4.78, 5) is 24.0. The Hall–Kier alpha value is -3.02. The number of amides is 1. The van der Waals surface area contributed by atoms with Crippen LogP contribution in [-0.4, -0.2) is 18.5 Å². The van der Waals surface area contributed by atoms with Gasteiger partial charge in [-0.1, -0.05) is 41.4 Å². The normalized spacial score (nSPS) is 10.2. The van der Waals surface area contributed by atoms with Gasteiger partial charge in [0, 0.05) is 16.3 Å². The van der Waals surface area contributed by atoms with E-state index in [0.717, 1.165) is 0 Å². The fourth-order valence-electron chi connectivity index (χ4n) is 2.29. The van der Waals surface area contributed by atoms with E-state index in [9.17, 15) is 9.59 Å². The number of benzene rings is 3. The highest BCUT2D eigenvalue weighted by atomic mass is 35.5. The van der Waals surface area contributed by atoms with Crippen LogP contribution in [0.25, 0.3) is 0 Å². The lowest BCUT2D eigenvalue weighted by atomic mass is 10.2. The predicted octanol–water partition coefficient (Wildman–Crippen LogP) is 5.23. The zero-order valence-corrected chi connectivity index (χ0v) is 16.0. The number of anilines is 1. The van der Waals surface area contributed by atoms with Crippen LogP contribution in [0.5, 0.6) is 11.5 Å². The lowest BCUT2D eigenvalue weighted by Gasteiger charge is -2.09. The Kier molecular flexibility index (Phi) is 6.53. The summed E-state index contributed by atoms with van der Waals surface area (Å²) in [5.74, 6) is -0.152. The highest BCUT2D eigenvalue weighted by molar-refractivity contribution is 6.35. The Morgan fingerprint density at radius 3 is 2.29 bits per heavy atom. The summed E-state index contributed by atoms with van der Waals surface area (Å²) in [5, 5.41) is 3.54. The molecule has 7 heteroatoms. The number of ether oxygens (including phenoxy) is 2. The van der Waals surface area contributed by atoms with Gasteiger partial charge in [0.15, 0.2) is 6.61 Å². The molecule has 0 radical (unpaired) electrons. The zero-order valence-electron chi connectivity index (χ0n) is 14.5. The van der Waals surface area contributed by atoms with Gasteiger partial charge in [0.05, 0.1) is 5.02 Å². The summed E-state index contributed by atoms with van der Waals surface area (Å²) in [6.07, 6.45) is 0. The molecule has 0 atom stereocenters. The number of esters is 1. The predicted molar refractivity (Wildman–Crippen MR) is 108 cm³/mol. The van der Waals surface area contributed by atoms with Crippen molar-refractivity contribution >= 4 is 40.8 Å². The molecule has 1 amide bonds. The van der Waals surface area contributed by atoms with Gasteiger partial charge >= 0.3 is 5.97 Å². The van der Waals surface area contributed by atoms with Crippen LogP contribution in [0.1, 0.15) is 10.4 Å². The summed E-state index contributed by atoms with van der Waals surface area (Å²) in [6, 6.07) is 20.0. The number of hydrogen-bond donors (Lipinski definition) is 1. The second-order valence-corrected chi connectivity index (χ2v) is 6.53. The number of nitrogens with one attached hydrogen (secondary N) is 1. The van der Waals surface area contributed by atoms with E-state index >= 15 is 0 Å². The largest absolute Gasteiger partial charge is 0.480 e. The molecule has 0 aliphatic rings. The van der Waals surface area contributed by atoms with Crippen LogP contribution in [0.15, 0.2) is 72.8 Å². The van der Waals surface area contributed by atoms with Crippen LogP contribution in [0.3, 0.4) is 0 Å². The maximum atomic E-state index is 12.1. The molecule has 142 valence electrons. The van der Waals surface area contributed by atoms with Crippen LogP contribution in [0, 0.1) is 0 Å². The monoisotopic (exact) mass is 415 g/mol. The fourth-order valence-corrected chi connectivity index (χ4v) is 2.75. The van der Waals surface area contributed by atoms with E-state index in [1.807, 2.05) is 6.07 Å². The Labute approximate surface area is 171 Å². The number of hydrogen-bond acceptors (Lipinski definition) is 4. The Bertz CT molecular complexity index is 975. The minimum absolute atomic E-state index is 0.224. The second kappa shape index (κ2) is 9.26. The standard InChI is InChI=1S/C21H15Cl2NO4/c22-15-6-11-19(18(23)12-15)27-13-20(25)28-17-9-7-16(8-10-17)24-21(26)14-4-2-1-3-5-14/h1-12H,13H2,(H,24,26). The third-order valence-corrected chi connectivity index (χ3v) is 4.15. The average Bonchev–Trinajstić information content (AvgIpc) is 2.69. The molecule has 28 heavy (non-hydrogen) atoms. The van der Waals surface area contributed by atoms with Gasteiger partial charge < -0.3 is 14.8 Å². The maximum absolute atomic E-state index is 12.1. The molecule has 5 nitrogen and oxygen atoms in total. The minimum Gasteiger partial charge on any atom is -0.480 e. The van der Waals surface area contributed by atoms with Gasteiger partial charge in [-0.3, -0.25) is 4.79 Å². The second-order valence-electron chi connectivity index (χ2n) is 5.68. The van der Waals surface area contributed by atoms with Crippen molar-refractivity contribution in [2.24, 2.45) is 0 Å². The number of rotatable bonds is 6. The molecule has 0 saturated carbocycles. The maximum Gasteiger partial charge on any atom is 0.349 e. The molecule has 1 N–H and O–H groups in total. The first-order valence-corrected chi connectivity index (χ1v) is 9.02. The van der Waals surface area contributed by atoms with E-state index in [1.54, 1.807) is 60.7 Å². The quantitative estimate of drug-likeness (QED) is 0.442. The van der Waals surface area contributed by atoms with E-state index in [4.69, 9.17) is 32.7 Å². The molecule has 0 fully saturated rings. The van der Waals surface area contributed by atoms with Gasteiger partial charge in [-0.15, -0.1) is 0 Å². The van der Waals surface area contributed by atoms with Crippen molar-refractivity contribution in [3.8, 4) is 11.5 Å². The number of carbonyl (C=O) groups is 2. The van der Waals surface area contributed by atoms with E-state index in [2.05, 4.69) is 5.32 Å². The third kappa shape index (κ3) is 5.49. The SMILES string of the molecule is O=C(COc1ccc(Cl)cc1Cl)Oc1ccc(NC(=O)c2ccccc2)cc1. The van der Waals surface area contributed by atoms with Gasteiger partial charge in [0.1, 0.15) is 11.5 Å². The fraction of sp³-hybridized carbons (Fsp3) is 0.0476. The van der Waals surface area contributed by atoms with Crippen molar-refractivity contribution in [1.82, 2.24) is 0 Å². The van der Waals surface area contributed by atoms with E-state index in [-0.39, 0.29) is 12.5 Å². The molecule has 0 heterocycles. The molecule has 0 spiro atoms. The molecule has 0 saturated heterocycles. The van der Waals surface area contributed by atoms with E-state index in [0.29, 0.717) is 32.8 Å². The van der Waals surface area contributed by atoms with Crippen molar-refractivity contribution in [2.75, 3.05) is 11.9 Å². The number of halogens is 2. The molecule has 3 aromatic carbocycles. The van der Waals surface area contributed by atoms with Crippen molar-refractivity contribution in [3.05, 3.63) is 88.4 Å². The lowest BCUT2D eigenvalue weighted by Crippen LogP contribution is -2.18. The molecule has 3 rings (SSSR count). The molecule has 0 aliphatic carbocycles. The summed E-state index contributed by atoms with van der Waals surface area (Å²) in [5.41, 5.74) is 1.13. The van der Waals surface area contributed by atoms with Gasteiger partial charge in [0.25, 0.3) is 5.91 Å². The third-order valence-electron chi connectivity index (χ3n) is 3.62. The van der Waals surface area contributed by atoms with Crippen molar-refractivity contribution < 1.29 is 19.1 Å². The van der Waals surface area contributed by atoms with Gasteiger partial charge in [-0.2, -0.15) is 0 Å². The molecule has 0 unspecified atom stereocenters. The first-order valence-electron chi connectivity index (χ1n) is 8.26. The van der Waals surface area contributed by atoms with Crippen LogP contribution >= 0.6 is 23.2 Å². The zero-order chi connectivity index (χ0) is 19.9. The van der Waals surface area contributed by atoms with Crippen molar-refractivity contribution in [2.45, 2.75) is 0 Å². The summed E-state index contributed by atoms with van der Waals surface area (Å²) in [6.45, 7) is -0.312. The summed E-state index contributed by atoms with van der Waals surface area (Å²) >= 11 is 11.8. The molecular formula is C21H15Cl2NO4. The Morgan fingerprint density at radius 1 is 0.893 bits per heavy atom. The number of carbonyl (C=O) groups excluding carboxylic acids is 2. The van der Waals surface area contributed by atoms with E-state index in [1.165, 1.54) is 6.07 Å². The van der Waals surface area contributed by atoms with Gasteiger partial charge in [-0.05, 0) is 54.6 Å². The molecule has 0 bridgehead atoms. The lowest BCUT2D eigenvalue weighted by molar-refractivity contribution is -0.136. The molecule has 0 aliphatic heterocycles. The first-order chi connectivity index (χ1) is 13.5. The van der Waals surface area contributed by atoms with Crippen LogP contribution in [0.2, 0.25) is 10.0 Å². The Balaban J connectivity index is 1.52. The van der Waals surface area contributed by atoms with Crippen molar-refractivity contribution in [1.29, 1.82) is 0 Å². The molecule has 0 aromatic heterocycles. The summed E-state index contributed by atoms with van der Waals surface area (Å²) < 4.78 is 10.5. The van der Waals surface area contributed by atoms with Crippen LogP contribution in [-0.2, 0) is 4.79 Å². The highest BCUT2D eigenvalue weighted by Crippen LogP contribution is 2.27. The first kappa shape index (κ1) is 19.7. The van der Waals surface area contributed by atoms with Gasteiger partial charge in [-0.25, -0.2) is 4.79 Å². The van der Waals surface area contributed by atoms with Crippen molar-refractivity contribution in [3.63, 3.8) is 0 Å². The van der Waals surface area contributed by atoms with Crippen LogP contribution < -0.4 is 14.8 Å². The topological polar surface area (TPSA) is 64.6 Å². The van der Waals surface area contributed by atoms with E-state index < -0.39 is 5.97 Å². The smallest absolute Gasteiger partial charge is 0.349 e. The minimum atomic E-state index is -0.591. The Morgan fingerprint density at radius 2 is 1.61 bits per heavy atom. The summed E-state index contributed by atoms with van der Waals surface area (Å²) in [7, 11) is 0. The molecule has 3 aromatic rings. The highest BCUT2D eigenvalue weighted by Gasteiger charge is 2.10. The average molecular weight is 416 g/mol. The molecular weight excluding hydrogens is 401 g/mol. The van der Waals surface area contributed by atoms with Gasteiger partial charge in [0.2, 0.25) is 0 Å². The van der Waals surface area contributed by atoms with Crippen LogP contribution in [0.4, 0.5) is 5.69 Å².